The Bertz CT molecular complexity index is 712. The highest BCUT2D eigenvalue weighted by molar-refractivity contribution is 7.89. The van der Waals surface area contributed by atoms with Gasteiger partial charge in [0.15, 0.2) is 5.96 Å². The summed E-state index contributed by atoms with van der Waals surface area (Å²) in [4.78, 5) is 6.99. The van der Waals surface area contributed by atoms with Crippen molar-refractivity contribution < 1.29 is 8.42 Å². The van der Waals surface area contributed by atoms with Crippen LogP contribution in [0.15, 0.2) is 35.3 Å². The van der Waals surface area contributed by atoms with Crippen LogP contribution in [-0.4, -0.2) is 74.6 Å². The van der Waals surface area contributed by atoms with Gasteiger partial charge in [0.2, 0.25) is 10.0 Å². The molecule has 0 spiro atoms. The molecule has 2 rings (SSSR count). The van der Waals surface area contributed by atoms with Crippen LogP contribution in [0.3, 0.4) is 0 Å². The summed E-state index contributed by atoms with van der Waals surface area (Å²) < 4.78 is 26.1. The first-order chi connectivity index (χ1) is 14.0. The van der Waals surface area contributed by atoms with E-state index in [1.54, 1.807) is 0 Å². The molecule has 1 aliphatic heterocycles. The van der Waals surface area contributed by atoms with E-state index >= 15 is 0 Å². The Balaban J connectivity index is 1.82. The molecule has 1 saturated heterocycles. The van der Waals surface area contributed by atoms with Crippen LogP contribution in [0.4, 0.5) is 0 Å². The third-order valence-corrected chi connectivity index (χ3v) is 7.24. The summed E-state index contributed by atoms with van der Waals surface area (Å²) in [7, 11) is -3.24. The molecular formula is C21H37N5O2S. The summed E-state index contributed by atoms with van der Waals surface area (Å²) in [5.41, 5.74) is 1.35. The summed E-state index contributed by atoms with van der Waals surface area (Å²) in [5, 5.41) is 6.73. The molecule has 29 heavy (non-hydrogen) atoms. The van der Waals surface area contributed by atoms with Crippen molar-refractivity contribution in [1.82, 2.24) is 19.8 Å². The maximum absolute atomic E-state index is 12.3. The van der Waals surface area contributed by atoms with Crippen molar-refractivity contribution in [1.29, 1.82) is 0 Å². The number of guanidine groups is 1. The molecule has 1 heterocycles. The van der Waals surface area contributed by atoms with Gasteiger partial charge in [-0.05, 0) is 25.3 Å². The number of sulfonamides is 1. The Morgan fingerprint density at radius 3 is 2.38 bits per heavy atom. The first-order valence-electron chi connectivity index (χ1n) is 10.8. The Morgan fingerprint density at radius 2 is 1.79 bits per heavy atom. The van der Waals surface area contributed by atoms with E-state index in [1.807, 2.05) is 20.8 Å². The largest absolute Gasteiger partial charge is 0.357 e. The fourth-order valence-corrected chi connectivity index (χ4v) is 4.98. The van der Waals surface area contributed by atoms with Gasteiger partial charge in [0.05, 0.1) is 12.3 Å². The molecule has 1 fully saturated rings. The minimum Gasteiger partial charge on any atom is -0.357 e. The molecule has 1 aliphatic rings. The van der Waals surface area contributed by atoms with E-state index in [4.69, 9.17) is 0 Å². The Kier molecular flexibility index (Phi) is 9.90. The molecule has 0 aliphatic carbocycles. The van der Waals surface area contributed by atoms with Crippen molar-refractivity contribution in [3.8, 4) is 0 Å². The number of benzene rings is 1. The van der Waals surface area contributed by atoms with Gasteiger partial charge in [0, 0.05) is 45.3 Å². The average molecular weight is 424 g/mol. The molecular weight excluding hydrogens is 386 g/mol. The molecule has 7 nitrogen and oxygen atoms in total. The number of likely N-dealkylation sites (tertiary alicyclic amines) is 1. The minimum absolute atomic E-state index is 0.0424. The lowest BCUT2D eigenvalue weighted by atomic mass is 10.0. The predicted octanol–water partition coefficient (Wildman–Crippen LogP) is 1.88. The molecule has 1 aromatic carbocycles. The zero-order valence-corrected chi connectivity index (χ0v) is 18.9. The van der Waals surface area contributed by atoms with Crippen LogP contribution < -0.4 is 10.6 Å². The topological polar surface area (TPSA) is 77.0 Å². The van der Waals surface area contributed by atoms with Gasteiger partial charge in [0.1, 0.15) is 0 Å². The van der Waals surface area contributed by atoms with Gasteiger partial charge >= 0.3 is 0 Å². The van der Waals surface area contributed by atoms with Crippen LogP contribution in [0.2, 0.25) is 0 Å². The number of nitrogens with zero attached hydrogens (tertiary/aromatic N) is 3. The molecule has 0 saturated carbocycles. The quantitative estimate of drug-likeness (QED) is 0.444. The molecule has 0 radical (unpaired) electrons. The summed E-state index contributed by atoms with van der Waals surface area (Å²) >= 11 is 0. The second-order valence-electron chi connectivity index (χ2n) is 7.34. The number of piperidine rings is 1. The van der Waals surface area contributed by atoms with E-state index in [0.29, 0.717) is 25.1 Å². The Labute approximate surface area is 176 Å². The zero-order valence-electron chi connectivity index (χ0n) is 18.1. The number of aliphatic imine (C=N–C) groups is 1. The van der Waals surface area contributed by atoms with Crippen LogP contribution in [0.1, 0.15) is 39.2 Å². The molecule has 8 heteroatoms. The van der Waals surface area contributed by atoms with E-state index in [-0.39, 0.29) is 12.3 Å². The van der Waals surface area contributed by atoms with Gasteiger partial charge in [0.25, 0.3) is 0 Å². The highest BCUT2D eigenvalue weighted by Gasteiger charge is 2.21. The van der Waals surface area contributed by atoms with Crippen molar-refractivity contribution in [2.75, 3.05) is 45.0 Å². The van der Waals surface area contributed by atoms with Crippen LogP contribution in [0.5, 0.6) is 0 Å². The maximum Gasteiger partial charge on any atom is 0.215 e. The monoisotopic (exact) mass is 423 g/mol. The highest BCUT2D eigenvalue weighted by atomic mass is 32.2. The molecule has 164 valence electrons. The fraction of sp³-hybridized carbons (Fsp3) is 0.667. The van der Waals surface area contributed by atoms with Gasteiger partial charge in [-0.3, -0.25) is 9.89 Å². The normalized spacial score (nSPS) is 16.9. The van der Waals surface area contributed by atoms with Crippen molar-refractivity contribution >= 4 is 16.0 Å². The Hall–Kier alpha value is -1.64. The molecule has 0 atom stereocenters. The number of hydrogen-bond acceptors (Lipinski definition) is 4. The van der Waals surface area contributed by atoms with E-state index in [1.165, 1.54) is 9.87 Å². The standard InChI is InChI=1S/C21H37N5O2S/c1-4-22-21(23-14-17-29(27,28)26(5-2)6-3)24-20-12-15-25(16-13-20)18-19-10-8-7-9-11-19/h7-11,20H,4-6,12-18H2,1-3H3,(H2,22,23,24). The lowest BCUT2D eigenvalue weighted by Gasteiger charge is -2.33. The smallest absolute Gasteiger partial charge is 0.215 e. The molecule has 1 aromatic rings. The number of nitrogens with one attached hydrogen (secondary N) is 2. The van der Waals surface area contributed by atoms with Crippen molar-refractivity contribution in [3.05, 3.63) is 35.9 Å². The lowest BCUT2D eigenvalue weighted by Crippen LogP contribution is -2.48. The van der Waals surface area contributed by atoms with Gasteiger partial charge < -0.3 is 10.6 Å². The first-order valence-corrected chi connectivity index (χ1v) is 12.4. The van der Waals surface area contributed by atoms with Crippen molar-refractivity contribution in [3.63, 3.8) is 0 Å². The Morgan fingerprint density at radius 1 is 1.14 bits per heavy atom. The zero-order chi connectivity index (χ0) is 21.1. The number of hydrogen-bond donors (Lipinski definition) is 2. The third-order valence-electron chi connectivity index (χ3n) is 5.24. The average Bonchev–Trinajstić information content (AvgIpc) is 2.71. The summed E-state index contributed by atoms with van der Waals surface area (Å²) in [6, 6.07) is 10.9. The van der Waals surface area contributed by atoms with Crippen molar-refractivity contribution in [2.45, 2.75) is 46.2 Å². The second kappa shape index (κ2) is 12.1. The van der Waals surface area contributed by atoms with Crippen LogP contribution >= 0.6 is 0 Å². The minimum atomic E-state index is -3.24. The molecule has 0 unspecified atom stereocenters. The number of rotatable bonds is 10. The maximum atomic E-state index is 12.3. The summed E-state index contributed by atoms with van der Waals surface area (Å²) in [5.74, 6) is 0.754. The highest BCUT2D eigenvalue weighted by Crippen LogP contribution is 2.13. The molecule has 0 bridgehead atoms. The van der Waals surface area contributed by atoms with Crippen LogP contribution in [0.25, 0.3) is 0 Å². The first kappa shape index (κ1) is 23.6. The van der Waals surface area contributed by atoms with Gasteiger partial charge in [-0.15, -0.1) is 0 Å². The second-order valence-corrected chi connectivity index (χ2v) is 9.43. The third kappa shape index (κ3) is 7.95. The van der Waals surface area contributed by atoms with Crippen LogP contribution in [-0.2, 0) is 16.6 Å². The van der Waals surface area contributed by atoms with Gasteiger partial charge in [-0.25, -0.2) is 12.7 Å². The van der Waals surface area contributed by atoms with E-state index < -0.39 is 10.0 Å². The van der Waals surface area contributed by atoms with Gasteiger partial charge in [-0.1, -0.05) is 44.2 Å². The van der Waals surface area contributed by atoms with E-state index in [0.717, 1.165) is 39.0 Å². The summed E-state index contributed by atoms with van der Waals surface area (Å²) in [6.45, 7) is 10.8. The SMILES string of the molecule is CCNC(=NCCS(=O)(=O)N(CC)CC)NC1CCN(Cc2ccccc2)CC1. The van der Waals surface area contributed by atoms with Gasteiger partial charge in [-0.2, -0.15) is 0 Å². The van der Waals surface area contributed by atoms with E-state index in [9.17, 15) is 8.42 Å². The molecule has 0 amide bonds. The summed E-state index contributed by atoms with van der Waals surface area (Å²) in [6.07, 6.45) is 2.10. The van der Waals surface area contributed by atoms with Crippen LogP contribution in [0, 0.1) is 0 Å². The molecule has 2 N–H and O–H groups in total. The molecule has 0 aromatic heterocycles. The predicted molar refractivity (Wildman–Crippen MR) is 121 cm³/mol. The van der Waals surface area contributed by atoms with Crippen molar-refractivity contribution in [2.24, 2.45) is 4.99 Å². The van der Waals surface area contributed by atoms with E-state index in [2.05, 4.69) is 50.9 Å². The fourth-order valence-electron chi connectivity index (χ4n) is 3.61. The lowest BCUT2D eigenvalue weighted by molar-refractivity contribution is 0.198.